The van der Waals surface area contributed by atoms with E-state index in [2.05, 4.69) is 34.6 Å². The van der Waals surface area contributed by atoms with E-state index in [4.69, 9.17) is 37.0 Å². The number of aliphatic hydroxyl groups is 1. The standard InChI is InChI=1S/C70H136O17P2/c1-6-10-13-16-19-22-24-25-26-27-28-29-30-32-34-41-46-51-56-70(75)87-66(60-81-68(73)54-49-44-39-36-35-37-42-47-52-63(5)9-4)62-85-89(78,79)83-58-64(71)57-82-88(76,77)84-61-65(59-80-67(72)53-48-43-38-21-18-15-12-8-3)86-69(74)55-50-45-40-33-31-23-20-17-14-11-7-2/h63-66,71H,6-62H2,1-5H3,(H,76,77)(H,78,79)/t63?,64-,65+,66+/m0/s1. The molecule has 0 saturated carbocycles. The van der Waals surface area contributed by atoms with E-state index < -0.39 is 97.5 Å². The van der Waals surface area contributed by atoms with Gasteiger partial charge in [-0.1, -0.05) is 311 Å². The third kappa shape index (κ3) is 63.2. The van der Waals surface area contributed by atoms with Crippen LogP contribution in [-0.4, -0.2) is 96.7 Å². The molecule has 0 aromatic heterocycles. The molecule has 3 N–H and O–H groups in total. The molecule has 17 nitrogen and oxygen atoms in total. The Morgan fingerprint density at radius 3 is 0.798 bits per heavy atom. The van der Waals surface area contributed by atoms with Gasteiger partial charge in [0.15, 0.2) is 12.2 Å². The Kier molecular flexibility index (Phi) is 62.1. The molecule has 0 heterocycles. The Balaban J connectivity index is 5.20. The molecule has 0 rings (SSSR count). The lowest BCUT2D eigenvalue weighted by atomic mass is 9.99. The minimum atomic E-state index is -4.95. The number of aliphatic hydroxyl groups excluding tert-OH is 1. The molecule has 0 amide bonds. The highest BCUT2D eigenvalue weighted by atomic mass is 31.2. The van der Waals surface area contributed by atoms with Crippen molar-refractivity contribution in [2.75, 3.05) is 39.6 Å². The van der Waals surface area contributed by atoms with Gasteiger partial charge < -0.3 is 33.8 Å². The first-order chi connectivity index (χ1) is 43.1. The van der Waals surface area contributed by atoms with Crippen LogP contribution in [-0.2, 0) is 65.4 Å². The van der Waals surface area contributed by atoms with Gasteiger partial charge in [0, 0.05) is 25.7 Å². The molecule has 0 aromatic carbocycles. The largest absolute Gasteiger partial charge is 0.472 e. The molecule has 528 valence electrons. The Morgan fingerprint density at radius 1 is 0.315 bits per heavy atom. The second-order valence-electron chi connectivity index (χ2n) is 25.5. The van der Waals surface area contributed by atoms with Crippen molar-refractivity contribution in [3.63, 3.8) is 0 Å². The summed E-state index contributed by atoms with van der Waals surface area (Å²) in [5, 5.41) is 10.6. The summed E-state index contributed by atoms with van der Waals surface area (Å²) in [6, 6.07) is 0. The van der Waals surface area contributed by atoms with Crippen molar-refractivity contribution >= 4 is 39.5 Å². The second-order valence-corrected chi connectivity index (χ2v) is 28.4. The first kappa shape index (κ1) is 87.1. The van der Waals surface area contributed by atoms with E-state index in [0.29, 0.717) is 25.7 Å². The van der Waals surface area contributed by atoms with E-state index in [1.165, 1.54) is 180 Å². The van der Waals surface area contributed by atoms with Crippen LogP contribution in [0.1, 0.15) is 362 Å². The van der Waals surface area contributed by atoms with Crippen molar-refractivity contribution in [2.24, 2.45) is 5.92 Å². The molecule has 0 bridgehead atoms. The number of esters is 4. The van der Waals surface area contributed by atoms with Crippen molar-refractivity contribution in [2.45, 2.75) is 380 Å². The van der Waals surface area contributed by atoms with Gasteiger partial charge in [-0.25, -0.2) is 9.13 Å². The van der Waals surface area contributed by atoms with E-state index >= 15 is 0 Å². The predicted molar refractivity (Wildman–Crippen MR) is 358 cm³/mol. The van der Waals surface area contributed by atoms with Crippen LogP contribution in [0.2, 0.25) is 0 Å². The number of carbonyl (C=O) groups excluding carboxylic acids is 4. The first-order valence-electron chi connectivity index (χ1n) is 36.7. The van der Waals surface area contributed by atoms with Crippen LogP contribution in [0.25, 0.3) is 0 Å². The van der Waals surface area contributed by atoms with Crippen molar-refractivity contribution in [1.29, 1.82) is 0 Å². The fraction of sp³-hybridized carbons (Fsp3) is 0.943. The Morgan fingerprint density at radius 2 is 0.539 bits per heavy atom. The number of rotatable bonds is 70. The number of hydrogen-bond donors (Lipinski definition) is 3. The molecule has 6 atom stereocenters. The molecule has 0 fully saturated rings. The third-order valence-corrected chi connectivity index (χ3v) is 18.5. The maximum absolute atomic E-state index is 13.0. The fourth-order valence-corrected chi connectivity index (χ4v) is 12.2. The highest BCUT2D eigenvalue weighted by molar-refractivity contribution is 7.47. The Hall–Kier alpha value is -1.94. The van der Waals surface area contributed by atoms with Crippen LogP contribution in [0.5, 0.6) is 0 Å². The van der Waals surface area contributed by atoms with E-state index in [9.17, 15) is 43.2 Å². The third-order valence-electron chi connectivity index (χ3n) is 16.6. The van der Waals surface area contributed by atoms with Crippen LogP contribution in [0, 0.1) is 5.92 Å². The monoisotopic (exact) mass is 1310 g/mol. The lowest BCUT2D eigenvalue weighted by molar-refractivity contribution is -0.161. The van der Waals surface area contributed by atoms with Crippen LogP contribution in [0.15, 0.2) is 0 Å². The zero-order valence-electron chi connectivity index (χ0n) is 57.6. The fourth-order valence-electron chi connectivity index (χ4n) is 10.6. The summed E-state index contributed by atoms with van der Waals surface area (Å²) >= 11 is 0. The Labute approximate surface area is 543 Å². The number of carbonyl (C=O) groups is 4. The average molecular weight is 1310 g/mol. The summed E-state index contributed by atoms with van der Waals surface area (Å²) in [6.45, 7) is 7.22. The van der Waals surface area contributed by atoms with Crippen molar-refractivity contribution in [3.8, 4) is 0 Å². The summed E-state index contributed by atoms with van der Waals surface area (Å²) in [6.07, 6.45) is 49.9. The summed E-state index contributed by atoms with van der Waals surface area (Å²) in [5.74, 6) is -1.35. The predicted octanol–water partition coefficient (Wildman–Crippen LogP) is 20.1. The molecule has 0 spiro atoms. The molecule has 0 aliphatic carbocycles. The number of phosphoric acid groups is 2. The van der Waals surface area contributed by atoms with Gasteiger partial charge in [0.1, 0.15) is 19.3 Å². The summed E-state index contributed by atoms with van der Waals surface area (Å²) < 4.78 is 68.2. The highest BCUT2D eigenvalue weighted by Crippen LogP contribution is 2.45. The SMILES string of the molecule is CCCCCCCCCCCCCCCCCCCCC(=O)O[C@H](COC(=O)CCCCCCCCCCC(C)CC)COP(=O)(O)OC[C@@H](O)COP(=O)(O)OC[C@@H](COC(=O)CCCCCCCCCC)OC(=O)CCCCCCCCCCCCC. The van der Waals surface area contributed by atoms with Crippen LogP contribution in [0.4, 0.5) is 0 Å². The molecule has 0 aliphatic rings. The van der Waals surface area contributed by atoms with Gasteiger partial charge in [-0.15, -0.1) is 0 Å². The second kappa shape index (κ2) is 63.5. The zero-order valence-corrected chi connectivity index (χ0v) is 59.4. The number of unbranched alkanes of at least 4 members (excludes halogenated alkanes) is 41. The van der Waals surface area contributed by atoms with Crippen LogP contribution in [0.3, 0.4) is 0 Å². The highest BCUT2D eigenvalue weighted by Gasteiger charge is 2.30. The van der Waals surface area contributed by atoms with Crippen LogP contribution >= 0.6 is 15.6 Å². The van der Waals surface area contributed by atoms with Gasteiger partial charge in [-0.2, -0.15) is 0 Å². The summed E-state index contributed by atoms with van der Waals surface area (Å²) in [4.78, 5) is 72.4. The molecule has 3 unspecified atom stereocenters. The molecule has 0 radical (unpaired) electrons. The molecule has 0 aliphatic heterocycles. The lowest BCUT2D eigenvalue weighted by Crippen LogP contribution is -2.30. The molecule has 89 heavy (non-hydrogen) atoms. The van der Waals surface area contributed by atoms with Gasteiger partial charge in [0.25, 0.3) is 0 Å². The topological polar surface area (TPSA) is 237 Å². The molecular weight excluding hydrogens is 1170 g/mol. The van der Waals surface area contributed by atoms with Gasteiger partial charge in [-0.3, -0.25) is 37.3 Å². The maximum atomic E-state index is 13.0. The smallest absolute Gasteiger partial charge is 0.462 e. The van der Waals surface area contributed by atoms with Crippen molar-refractivity contribution in [1.82, 2.24) is 0 Å². The van der Waals surface area contributed by atoms with Gasteiger partial charge in [0.05, 0.1) is 26.4 Å². The first-order valence-corrected chi connectivity index (χ1v) is 39.7. The average Bonchev–Trinajstić information content (AvgIpc) is 3.61. The minimum absolute atomic E-state index is 0.107. The van der Waals surface area contributed by atoms with Gasteiger partial charge in [0.2, 0.25) is 0 Å². The van der Waals surface area contributed by atoms with E-state index in [1.807, 2.05) is 0 Å². The van der Waals surface area contributed by atoms with Crippen molar-refractivity contribution < 1.29 is 80.2 Å². The molecule has 0 aromatic rings. The number of ether oxygens (including phenoxy) is 4. The minimum Gasteiger partial charge on any atom is -0.462 e. The maximum Gasteiger partial charge on any atom is 0.472 e. The van der Waals surface area contributed by atoms with E-state index in [1.54, 1.807) is 0 Å². The Bertz CT molecular complexity index is 1720. The number of hydrogen-bond acceptors (Lipinski definition) is 15. The van der Waals surface area contributed by atoms with E-state index in [-0.39, 0.29) is 25.7 Å². The zero-order chi connectivity index (χ0) is 65.6. The molecule has 19 heteroatoms. The summed E-state index contributed by atoms with van der Waals surface area (Å²) in [5.41, 5.74) is 0. The quantitative estimate of drug-likeness (QED) is 0.0222. The number of phosphoric ester groups is 2. The summed E-state index contributed by atoms with van der Waals surface area (Å²) in [7, 11) is -9.89. The molecule has 0 saturated heterocycles. The van der Waals surface area contributed by atoms with E-state index in [0.717, 1.165) is 102 Å². The normalized spacial score (nSPS) is 14.4. The lowest BCUT2D eigenvalue weighted by Gasteiger charge is -2.21. The van der Waals surface area contributed by atoms with Gasteiger partial charge >= 0.3 is 39.5 Å². The van der Waals surface area contributed by atoms with Crippen LogP contribution < -0.4 is 0 Å². The molecular formula is C70H136O17P2. The van der Waals surface area contributed by atoms with Crippen molar-refractivity contribution in [3.05, 3.63) is 0 Å². The van der Waals surface area contributed by atoms with Gasteiger partial charge in [-0.05, 0) is 31.6 Å².